The molecule has 2 atom stereocenters. The fourth-order valence-electron chi connectivity index (χ4n) is 4.80. The van der Waals surface area contributed by atoms with E-state index in [0.29, 0.717) is 38.4 Å². The molecule has 0 bridgehead atoms. The second-order valence-electron chi connectivity index (χ2n) is 8.17. The lowest BCUT2D eigenvalue weighted by atomic mass is 9.75. The van der Waals surface area contributed by atoms with Gasteiger partial charge in [0.2, 0.25) is 5.91 Å². The highest BCUT2D eigenvalue weighted by molar-refractivity contribution is 5.94. The fraction of sp³-hybridized carbons (Fsp3) is 0.364. The minimum Gasteiger partial charge on any atom is -0.459 e. The van der Waals surface area contributed by atoms with Gasteiger partial charge < -0.3 is 18.8 Å². The molecule has 2 fully saturated rings. The van der Waals surface area contributed by atoms with Gasteiger partial charge in [-0.3, -0.25) is 14.6 Å². The molecule has 3 aromatic heterocycles. The number of carbonyl (C=O) groups excluding carboxylic acids is 2. The van der Waals surface area contributed by atoms with E-state index in [0.717, 1.165) is 11.3 Å². The SMILES string of the molecule is Cn1cnc([C@@H]2CN(C(=O)c3ccco3)C[C@]23CCN(Cc2cccnc2)C3=O)c1. The van der Waals surface area contributed by atoms with E-state index in [1.807, 2.05) is 34.8 Å². The van der Waals surface area contributed by atoms with Crippen molar-refractivity contribution >= 4 is 11.8 Å². The first-order valence-electron chi connectivity index (χ1n) is 10.1. The van der Waals surface area contributed by atoms with Gasteiger partial charge in [-0.15, -0.1) is 0 Å². The highest BCUT2D eigenvalue weighted by Gasteiger charge is 2.58. The zero-order valence-electron chi connectivity index (χ0n) is 16.8. The van der Waals surface area contributed by atoms with Crippen LogP contribution >= 0.6 is 0 Å². The number of imidazole rings is 1. The van der Waals surface area contributed by atoms with Crippen LogP contribution in [0, 0.1) is 5.41 Å². The number of nitrogens with zero attached hydrogens (tertiary/aromatic N) is 5. The number of aromatic nitrogens is 3. The van der Waals surface area contributed by atoms with Crippen molar-refractivity contribution < 1.29 is 14.0 Å². The summed E-state index contributed by atoms with van der Waals surface area (Å²) in [6, 6.07) is 7.21. The first-order valence-corrected chi connectivity index (χ1v) is 10.1. The van der Waals surface area contributed by atoms with Crippen molar-refractivity contribution in [3.63, 3.8) is 0 Å². The Morgan fingerprint density at radius 2 is 2.23 bits per heavy atom. The molecular formula is C22H23N5O3. The smallest absolute Gasteiger partial charge is 0.289 e. The van der Waals surface area contributed by atoms with Crippen molar-refractivity contribution in [1.82, 2.24) is 24.3 Å². The number of hydrogen-bond donors (Lipinski definition) is 0. The van der Waals surface area contributed by atoms with E-state index >= 15 is 0 Å². The molecule has 0 aromatic carbocycles. The van der Waals surface area contributed by atoms with E-state index in [1.165, 1.54) is 6.26 Å². The summed E-state index contributed by atoms with van der Waals surface area (Å²) in [5.74, 6) is 0.0431. The third-order valence-electron chi connectivity index (χ3n) is 6.28. The number of hydrogen-bond acceptors (Lipinski definition) is 5. The minimum atomic E-state index is -0.668. The minimum absolute atomic E-state index is 0.0803. The van der Waals surface area contributed by atoms with Crippen LogP contribution in [-0.2, 0) is 18.4 Å². The van der Waals surface area contributed by atoms with Crippen LogP contribution < -0.4 is 0 Å². The zero-order valence-corrected chi connectivity index (χ0v) is 16.8. The Kier molecular flexibility index (Phi) is 4.42. The van der Waals surface area contributed by atoms with E-state index < -0.39 is 5.41 Å². The fourth-order valence-corrected chi connectivity index (χ4v) is 4.80. The van der Waals surface area contributed by atoms with Gasteiger partial charge in [0.15, 0.2) is 5.76 Å². The molecule has 8 nitrogen and oxygen atoms in total. The van der Waals surface area contributed by atoms with Crippen molar-refractivity contribution in [2.24, 2.45) is 12.5 Å². The van der Waals surface area contributed by atoms with Crippen molar-refractivity contribution in [3.8, 4) is 0 Å². The predicted molar refractivity (Wildman–Crippen MR) is 107 cm³/mol. The summed E-state index contributed by atoms with van der Waals surface area (Å²) < 4.78 is 7.20. The molecule has 0 N–H and O–H groups in total. The van der Waals surface area contributed by atoms with Crippen LogP contribution in [0.25, 0.3) is 0 Å². The van der Waals surface area contributed by atoms with Gasteiger partial charge in [-0.05, 0) is 30.2 Å². The molecule has 3 aromatic rings. The van der Waals surface area contributed by atoms with Gasteiger partial charge in [-0.1, -0.05) is 6.07 Å². The van der Waals surface area contributed by atoms with Crippen LogP contribution in [0.3, 0.4) is 0 Å². The molecule has 2 amide bonds. The molecule has 0 radical (unpaired) electrons. The third kappa shape index (κ3) is 2.99. The Labute approximate surface area is 174 Å². The Balaban J connectivity index is 1.46. The largest absolute Gasteiger partial charge is 0.459 e. The summed E-state index contributed by atoms with van der Waals surface area (Å²) in [6.45, 7) is 1.99. The van der Waals surface area contributed by atoms with Crippen molar-refractivity contribution in [2.75, 3.05) is 19.6 Å². The number of likely N-dealkylation sites (tertiary alicyclic amines) is 2. The van der Waals surface area contributed by atoms with E-state index in [9.17, 15) is 9.59 Å². The van der Waals surface area contributed by atoms with Crippen LogP contribution in [0.15, 0.2) is 59.9 Å². The van der Waals surface area contributed by atoms with Gasteiger partial charge in [0.05, 0.1) is 23.7 Å². The number of rotatable bonds is 4. The molecule has 2 saturated heterocycles. The summed E-state index contributed by atoms with van der Waals surface area (Å²) in [6.07, 6.45) is 9.39. The van der Waals surface area contributed by atoms with Gasteiger partial charge in [0.1, 0.15) is 0 Å². The highest BCUT2D eigenvalue weighted by Crippen LogP contribution is 2.50. The summed E-state index contributed by atoms with van der Waals surface area (Å²) in [7, 11) is 1.91. The average molecular weight is 405 g/mol. The predicted octanol–water partition coefficient (Wildman–Crippen LogP) is 2.07. The lowest BCUT2D eigenvalue weighted by molar-refractivity contribution is -0.136. The summed E-state index contributed by atoms with van der Waals surface area (Å²) >= 11 is 0. The first kappa shape index (κ1) is 18.6. The quantitative estimate of drug-likeness (QED) is 0.663. The van der Waals surface area contributed by atoms with Crippen molar-refractivity contribution in [3.05, 3.63) is 72.5 Å². The molecule has 154 valence electrons. The van der Waals surface area contributed by atoms with Crippen LogP contribution in [0.5, 0.6) is 0 Å². The van der Waals surface area contributed by atoms with Gasteiger partial charge >= 0.3 is 0 Å². The van der Waals surface area contributed by atoms with Gasteiger partial charge in [0.25, 0.3) is 5.91 Å². The lowest BCUT2D eigenvalue weighted by Crippen LogP contribution is -2.40. The topological polar surface area (TPSA) is 84.5 Å². The van der Waals surface area contributed by atoms with Crippen molar-refractivity contribution in [2.45, 2.75) is 18.9 Å². The Morgan fingerprint density at radius 1 is 1.33 bits per heavy atom. The van der Waals surface area contributed by atoms with Gasteiger partial charge in [-0.25, -0.2) is 4.98 Å². The van der Waals surface area contributed by atoms with Gasteiger partial charge in [0, 0.05) is 57.7 Å². The van der Waals surface area contributed by atoms with E-state index in [-0.39, 0.29) is 17.7 Å². The number of aryl methyl sites for hydroxylation is 1. The molecule has 0 aliphatic carbocycles. The lowest BCUT2D eigenvalue weighted by Gasteiger charge is -2.27. The standard InChI is InChI=1S/C22H23N5O3/c1-25-13-18(24-15-25)17-12-27(20(28)19-5-3-9-30-19)14-22(17)6-8-26(21(22)29)11-16-4-2-7-23-10-16/h2-5,7,9-10,13,15,17H,6,8,11-12,14H2,1H3/t17-,22+/m0/s1. The number of carbonyl (C=O) groups is 2. The third-order valence-corrected chi connectivity index (χ3v) is 6.28. The zero-order chi connectivity index (χ0) is 20.7. The summed E-state index contributed by atoms with van der Waals surface area (Å²) in [5.41, 5.74) is 1.18. The molecule has 8 heteroatoms. The number of amides is 2. The molecule has 5 rings (SSSR count). The monoisotopic (exact) mass is 405 g/mol. The van der Waals surface area contributed by atoms with E-state index in [1.54, 1.807) is 35.8 Å². The van der Waals surface area contributed by atoms with Crippen LogP contribution in [-0.4, -0.2) is 55.8 Å². The highest BCUT2D eigenvalue weighted by atomic mass is 16.3. The summed E-state index contributed by atoms with van der Waals surface area (Å²) in [4.78, 5) is 39.0. The Bertz CT molecular complexity index is 1060. The molecule has 2 aliphatic heterocycles. The second-order valence-corrected chi connectivity index (χ2v) is 8.17. The molecule has 1 spiro atoms. The van der Waals surface area contributed by atoms with Gasteiger partial charge in [-0.2, -0.15) is 0 Å². The van der Waals surface area contributed by atoms with E-state index in [4.69, 9.17) is 4.42 Å². The molecule has 30 heavy (non-hydrogen) atoms. The molecule has 0 saturated carbocycles. The van der Waals surface area contributed by atoms with Crippen LogP contribution in [0.2, 0.25) is 0 Å². The molecule has 2 aliphatic rings. The number of pyridine rings is 1. The Hall–Kier alpha value is -3.42. The maximum absolute atomic E-state index is 13.7. The van der Waals surface area contributed by atoms with E-state index in [2.05, 4.69) is 9.97 Å². The average Bonchev–Trinajstić information content (AvgIpc) is 3.54. The summed E-state index contributed by atoms with van der Waals surface area (Å²) in [5, 5.41) is 0. The molecule has 5 heterocycles. The van der Waals surface area contributed by atoms with Crippen LogP contribution in [0.1, 0.15) is 34.2 Å². The maximum atomic E-state index is 13.7. The molecule has 0 unspecified atom stereocenters. The molecular weight excluding hydrogens is 382 g/mol. The van der Waals surface area contributed by atoms with Crippen LogP contribution in [0.4, 0.5) is 0 Å². The normalized spacial score (nSPS) is 23.6. The Morgan fingerprint density at radius 3 is 2.93 bits per heavy atom. The van der Waals surface area contributed by atoms with Crippen molar-refractivity contribution in [1.29, 1.82) is 0 Å². The first-order chi connectivity index (χ1) is 14.6. The number of furan rings is 1. The second kappa shape index (κ2) is 7.12. The maximum Gasteiger partial charge on any atom is 0.289 e.